The largest absolute Gasteiger partial charge is 0.381 e. The molecule has 1 nitrogen and oxygen atoms in total. The first kappa shape index (κ1) is 11.4. The van der Waals surface area contributed by atoms with Crippen LogP contribution in [0.15, 0.2) is 24.3 Å². The van der Waals surface area contributed by atoms with E-state index in [1.54, 1.807) is 0 Å². The van der Waals surface area contributed by atoms with E-state index in [0.29, 0.717) is 6.04 Å². The second-order valence-electron chi connectivity index (χ2n) is 3.52. The molecule has 14 heavy (non-hydrogen) atoms. The molecule has 0 heterocycles. The summed E-state index contributed by atoms with van der Waals surface area (Å²) in [5.74, 6) is 0. The van der Waals surface area contributed by atoms with Crippen molar-refractivity contribution in [1.29, 1.82) is 0 Å². The second kappa shape index (κ2) is 5.92. The quantitative estimate of drug-likeness (QED) is 0.765. The predicted molar refractivity (Wildman–Crippen MR) is 64.1 cm³/mol. The van der Waals surface area contributed by atoms with Gasteiger partial charge in [0.15, 0.2) is 0 Å². The normalized spacial score (nSPS) is 12.5. The van der Waals surface area contributed by atoms with Crippen LogP contribution in [0.2, 0.25) is 5.02 Å². The van der Waals surface area contributed by atoms with E-state index in [1.165, 1.54) is 12.8 Å². The minimum absolute atomic E-state index is 0.542. The maximum Gasteiger partial charge on any atom is 0.0637 e. The van der Waals surface area contributed by atoms with Crippen LogP contribution in [-0.2, 0) is 0 Å². The summed E-state index contributed by atoms with van der Waals surface area (Å²) in [6.07, 6.45) is 3.54. The Morgan fingerprint density at radius 2 is 2.00 bits per heavy atom. The SMILES string of the molecule is CCCC(CC)Nc1ccccc1Cl. The molecule has 1 N–H and O–H groups in total. The van der Waals surface area contributed by atoms with Crippen molar-refractivity contribution in [3.8, 4) is 0 Å². The summed E-state index contributed by atoms with van der Waals surface area (Å²) >= 11 is 6.06. The van der Waals surface area contributed by atoms with Gasteiger partial charge in [-0.2, -0.15) is 0 Å². The Labute approximate surface area is 91.5 Å². The molecule has 0 bridgehead atoms. The molecule has 0 spiro atoms. The minimum Gasteiger partial charge on any atom is -0.381 e. The molecule has 0 amide bonds. The number of nitrogens with one attached hydrogen (secondary N) is 1. The Hall–Kier alpha value is -0.690. The fourth-order valence-electron chi connectivity index (χ4n) is 1.52. The lowest BCUT2D eigenvalue weighted by Gasteiger charge is -2.18. The highest BCUT2D eigenvalue weighted by atomic mass is 35.5. The summed E-state index contributed by atoms with van der Waals surface area (Å²) in [7, 11) is 0. The molecule has 1 rings (SSSR count). The summed E-state index contributed by atoms with van der Waals surface area (Å²) in [6.45, 7) is 4.40. The monoisotopic (exact) mass is 211 g/mol. The second-order valence-corrected chi connectivity index (χ2v) is 3.93. The van der Waals surface area contributed by atoms with Crippen molar-refractivity contribution in [2.45, 2.75) is 39.2 Å². The Kier molecular flexibility index (Phi) is 4.81. The molecule has 1 unspecified atom stereocenters. The number of hydrogen-bond donors (Lipinski definition) is 1. The zero-order valence-corrected chi connectivity index (χ0v) is 9.64. The van der Waals surface area contributed by atoms with Gasteiger partial charge in [0, 0.05) is 6.04 Å². The maximum absolute atomic E-state index is 6.06. The van der Waals surface area contributed by atoms with E-state index in [-0.39, 0.29) is 0 Å². The fraction of sp³-hybridized carbons (Fsp3) is 0.500. The summed E-state index contributed by atoms with van der Waals surface area (Å²) < 4.78 is 0. The molecular weight excluding hydrogens is 194 g/mol. The maximum atomic E-state index is 6.06. The van der Waals surface area contributed by atoms with Gasteiger partial charge in [-0.3, -0.25) is 0 Å². The van der Waals surface area contributed by atoms with Crippen molar-refractivity contribution in [3.05, 3.63) is 29.3 Å². The van der Waals surface area contributed by atoms with Crippen molar-refractivity contribution in [2.24, 2.45) is 0 Å². The van der Waals surface area contributed by atoms with E-state index in [0.717, 1.165) is 17.1 Å². The third-order valence-corrected chi connectivity index (χ3v) is 2.69. The lowest BCUT2D eigenvalue weighted by atomic mass is 10.1. The molecule has 2 heteroatoms. The number of hydrogen-bond acceptors (Lipinski definition) is 1. The van der Waals surface area contributed by atoms with Crippen molar-refractivity contribution in [2.75, 3.05) is 5.32 Å². The van der Waals surface area contributed by atoms with Crippen molar-refractivity contribution in [1.82, 2.24) is 0 Å². The molecule has 78 valence electrons. The standard InChI is InChI=1S/C12H18ClN/c1-3-7-10(4-2)14-12-9-6-5-8-11(12)13/h5-6,8-10,14H,3-4,7H2,1-2H3. The smallest absolute Gasteiger partial charge is 0.0637 e. The highest BCUT2D eigenvalue weighted by Crippen LogP contribution is 2.22. The topological polar surface area (TPSA) is 12.0 Å². The Bertz CT molecular complexity index is 273. The van der Waals surface area contributed by atoms with Gasteiger partial charge in [0.25, 0.3) is 0 Å². The predicted octanol–water partition coefficient (Wildman–Crippen LogP) is 4.33. The van der Waals surface area contributed by atoms with Crippen LogP contribution < -0.4 is 5.32 Å². The van der Waals surface area contributed by atoms with Crippen LogP contribution in [0.5, 0.6) is 0 Å². The van der Waals surface area contributed by atoms with Crippen LogP contribution >= 0.6 is 11.6 Å². The Morgan fingerprint density at radius 3 is 2.57 bits per heavy atom. The fourth-order valence-corrected chi connectivity index (χ4v) is 1.72. The zero-order valence-electron chi connectivity index (χ0n) is 8.89. The van der Waals surface area contributed by atoms with Gasteiger partial charge in [0.1, 0.15) is 0 Å². The first-order chi connectivity index (χ1) is 6.77. The van der Waals surface area contributed by atoms with E-state index in [1.807, 2.05) is 24.3 Å². The van der Waals surface area contributed by atoms with E-state index >= 15 is 0 Å². The van der Waals surface area contributed by atoms with Crippen LogP contribution in [0.25, 0.3) is 0 Å². The molecule has 0 aliphatic rings. The molecule has 1 aromatic carbocycles. The van der Waals surface area contributed by atoms with Gasteiger partial charge in [-0.05, 0) is 25.0 Å². The number of halogens is 1. The number of para-hydroxylation sites is 1. The van der Waals surface area contributed by atoms with E-state index in [9.17, 15) is 0 Å². The molecule has 1 atom stereocenters. The zero-order chi connectivity index (χ0) is 10.4. The molecule has 0 saturated carbocycles. The molecule has 0 aromatic heterocycles. The van der Waals surface area contributed by atoms with Gasteiger partial charge >= 0.3 is 0 Å². The van der Waals surface area contributed by atoms with Crippen molar-refractivity contribution in [3.63, 3.8) is 0 Å². The first-order valence-corrected chi connectivity index (χ1v) is 5.66. The van der Waals surface area contributed by atoms with Crippen molar-refractivity contribution >= 4 is 17.3 Å². The van der Waals surface area contributed by atoms with Gasteiger partial charge in [-0.1, -0.05) is 44.0 Å². The lowest BCUT2D eigenvalue weighted by Crippen LogP contribution is -2.18. The van der Waals surface area contributed by atoms with Gasteiger partial charge < -0.3 is 5.32 Å². The molecule has 0 saturated heterocycles. The first-order valence-electron chi connectivity index (χ1n) is 5.29. The number of rotatable bonds is 5. The van der Waals surface area contributed by atoms with Gasteiger partial charge in [-0.15, -0.1) is 0 Å². The summed E-state index contributed by atoms with van der Waals surface area (Å²) in [5, 5.41) is 4.27. The molecule has 0 fully saturated rings. The van der Waals surface area contributed by atoms with E-state index < -0.39 is 0 Å². The third-order valence-electron chi connectivity index (χ3n) is 2.36. The van der Waals surface area contributed by atoms with Crippen LogP contribution in [-0.4, -0.2) is 6.04 Å². The van der Waals surface area contributed by atoms with Crippen LogP contribution in [0.4, 0.5) is 5.69 Å². The average molecular weight is 212 g/mol. The summed E-state index contributed by atoms with van der Waals surface area (Å²) in [6, 6.07) is 8.45. The minimum atomic E-state index is 0.542. The Balaban J connectivity index is 2.62. The van der Waals surface area contributed by atoms with Crippen LogP contribution in [0, 0.1) is 0 Å². The van der Waals surface area contributed by atoms with Crippen molar-refractivity contribution < 1.29 is 0 Å². The van der Waals surface area contributed by atoms with Gasteiger partial charge in [0.2, 0.25) is 0 Å². The van der Waals surface area contributed by atoms with E-state index in [4.69, 9.17) is 11.6 Å². The molecule has 0 aliphatic carbocycles. The molecular formula is C12H18ClN. The van der Waals surface area contributed by atoms with E-state index in [2.05, 4.69) is 19.2 Å². The van der Waals surface area contributed by atoms with Crippen LogP contribution in [0.1, 0.15) is 33.1 Å². The molecule has 0 aliphatic heterocycles. The van der Waals surface area contributed by atoms with Crippen LogP contribution in [0.3, 0.4) is 0 Å². The number of anilines is 1. The third kappa shape index (κ3) is 3.22. The number of benzene rings is 1. The van der Waals surface area contributed by atoms with Gasteiger partial charge in [0.05, 0.1) is 10.7 Å². The Morgan fingerprint density at radius 1 is 1.29 bits per heavy atom. The summed E-state index contributed by atoms with van der Waals surface area (Å²) in [4.78, 5) is 0. The molecule has 1 aromatic rings. The average Bonchev–Trinajstić information content (AvgIpc) is 2.20. The highest BCUT2D eigenvalue weighted by Gasteiger charge is 2.06. The highest BCUT2D eigenvalue weighted by molar-refractivity contribution is 6.33. The summed E-state index contributed by atoms with van der Waals surface area (Å²) in [5.41, 5.74) is 1.05. The van der Waals surface area contributed by atoms with Gasteiger partial charge in [-0.25, -0.2) is 0 Å². The molecule has 0 radical (unpaired) electrons. The lowest BCUT2D eigenvalue weighted by molar-refractivity contribution is 0.623.